The minimum atomic E-state index is -0.738. The van der Waals surface area contributed by atoms with Gasteiger partial charge < -0.3 is 0 Å². The molecule has 1 aromatic carbocycles. The van der Waals surface area contributed by atoms with Gasteiger partial charge in [-0.3, -0.25) is 10.2 Å². The zero-order valence-electron chi connectivity index (χ0n) is 9.42. The van der Waals surface area contributed by atoms with Crippen LogP contribution in [0.5, 0.6) is 0 Å². The van der Waals surface area contributed by atoms with Crippen molar-refractivity contribution in [3.63, 3.8) is 0 Å². The Labute approximate surface area is 93.0 Å². The second-order valence-electron chi connectivity index (χ2n) is 3.76. The highest BCUT2D eigenvalue weighted by molar-refractivity contribution is 5.82. The van der Waals surface area contributed by atoms with Gasteiger partial charge in [-0.15, -0.1) is 0 Å². The molecule has 1 aromatic rings. The maximum Gasteiger partial charge on any atom is 0.241 e. The highest BCUT2D eigenvalue weighted by Gasteiger charge is 2.19. The van der Waals surface area contributed by atoms with Crippen LogP contribution in [0.4, 0.5) is 8.78 Å². The lowest BCUT2D eigenvalue weighted by Crippen LogP contribution is -2.38. The molecule has 0 radical (unpaired) electrons. The molecule has 0 bridgehead atoms. The number of hydrogen-bond acceptors (Lipinski definition) is 2. The van der Waals surface area contributed by atoms with Crippen LogP contribution in [0.25, 0.3) is 0 Å². The summed E-state index contributed by atoms with van der Waals surface area (Å²) < 4.78 is 26.3. The van der Waals surface area contributed by atoms with Crippen molar-refractivity contribution in [3.05, 3.63) is 35.4 Å². The first kappa shape index (κ1) is 12.6. The molecule has 0 saturated carbocycles. The molecule has 0 aliphatic heterocycles. The Kier molecular flexibility index (Phi) is 3.95. The van der Waals surface area contributed by atoms with E-state index in [0.717, 1.165) is 18.2 Å². The van der Waals surface area contributed by atoms with Crippen LogP contribution in [0.1, 0.15) is 18.4 Å². The van der Waals surface area contributed by atoms with Crippen molar-refractivity contribution in [2.45, 2.75) is 12.8 Å². The largest absolute Gasteiger partial charge is 0.289 e. The van der Waals surface area contributed by atoms with Crippen LogP contribution >= 0.6 is 0 Å². The van der Waals surface area contributed by atoms with Crippen molar-refractivity contribution in [2.24, 2.45) is 0 Å². The number of nitrogens with zero attached hydrogens (tertiary/aromatic N) is 1. The molecule has 16 heavy (non-hydrogen) atoms. The lowest BCUT2D eigenvalue weighted by Gasteiger charge is -2.17. The standard InChI is InChI=1S/C11H14F2N2O/c1-7(11(16)14-15(2)3)9-6-8(12)4-5-10(9)13/h4-7H,1-3H3,(H,14,16). The number of nitrogens with one attached hydrogen (secondary N) is 1. The summed E-state index contributed by atoms with van der Waals surface area (Å²) in [6.07, 6.45) is 0. The third-order valence-electron chi connectivity index (χ3n) is 2.15. The Balaban J connectivity index is 2.91. The Bertz CT molecular complexity index is 394. The number of carbonyl (C=O) groups is 1. The molecule has 0 heterocycles. The number of rotatable bonds is 3. The first-order valence-electron chi connectivity index (χ1n) is 4.84. The fraction of sp³-hybridized carbons (Fsp3) is 0.364. The van der Waals surface area contributed by atoms with Crippen molar-refractivity contribution in [1.82, 2.24) is 10.4 Å². The molecule has 0 spiro atoms. The van der Waals surface area contributed by atoms with E-state index in [1.807, 2.05) is 0 Å². The van der Waals surface area contributed by atoms with Crippen LogP contribution < -0.4 is 5.43 Å². The van der Waals surface area contributed by atoms with Gasteiger partial charge in [0.2, 0.25) is 5.91 Å². The molecule has 1 rings (SSSR count). The molecule has 1 N–H and O–H groups in total. The van der Waals surface area contributed by atoms with Gasteiger partial charge in [0.15, 0.2) is 0 Å². The van der Waals surface area contributed by atoms with E-state index < -0.39 is 17.6 Å². The van der Waals surface area contributed by atoms with Crippen LogP contribution in [0.2, 0.25) is 0 Å². The first-order valence-corrected chi connectivity index (χ1v) is 4.84. The quantitative estimate of drug-likeness (QED) is 0.798. The van der Waals surface area contributed by atoms with Gasteiger partial charge in [0, 0.05) is 19.7 Å². The fourth-order valence-electron chi connectivity index (χ4n) is 1.30. The summed E-state index contributed by atoms with van der Waals surface area (Å²) in [5, 5.41) is 1.45. The van der Waals surface area contributed by atoms with Crippen molar-refractivity contribution < 1.29 is 13.6 Å². The predicted molar refractivity (Wildman–Crippen MR) is 56.6 cm³/mol. The van der Waals surface area contributed by atoms with Crippen LogP contribution in [-0.2, 0) is 4.79 Å². The Morgan fingerprint density at radius 1 is 1.38 bits per heavy atom. The second kappa shape index (κ2) is 5.03. The number of hydrazine groups is 1. The van der Waals surface area contributed by atoms with Gasteiger partial charge in [-0.1, -0.05) is 0 Å². The van der Waals surface area contributed by atoms with E-state index in [1.54, 1.807) is 14.1 Å². The summed E-state index contributed by atoms with van der Waals surface area (Å²) in [6.45, 7) is 1.52. The SMILES string of the molecule is CC(C(=O)NN(C)C)c1cc(F)ccc1F. The third kappa shape index (κ3) is 3.00. The monoisotopic (exact) mass is 228 g/mol. The van der Waals surface area contributed by atoms with E-state index in [1.165, 1.54) is 11.9 Å². The highest BCUT2D eigenvalue weighted by Crippen LogP contribution is 2.20. The zero-order chi connectivity index (χ0) is 12.3. The summed E-state index contributed by atoms with van der Waals surface area (Å²) >= 11 is 0. The van der Waals surface area contributed by atoms with Gasteiger partial charge in [0.25, 0.3) is 0 Å². The van der Waals surface area contributed by atoms with Gasteiger partial charge in [0.05, 0.1) is 5.92 Å². The van der Waals surface area contributed by atoms with E-state index in [4.69, 9.17) is 0 Å². The van der Waals surface area contributed by atoms with E-state index in [0.29, 0.717) is 0 Å². The molecule has 1 unspecified atom stereocenters. The second-order valence-corrected chi connectivity index (χ2v) is 3.76. The molecule has 1 atom stereocenters. The van der Waals surface area contributed by atoms with Gasteiger partial charge in [-0.05, 0) is 25.1 Å². The van der Waals surface area contributed by atoms with Gasteiger partial charge in [-0.2, -0.15) is 0 Å². The van der Waals surface area contributed by atoms with Gasteiger partial charge in [-0.25, -0.2) is 13.8 Å². The molecule has 1 amide bonds. The van der Waals surface area contributed by atoms with Crippen molar-refractivity contribution in [3.8, 4) is 0 Å². The molecule has 0 aliphatic carbocycles. The minimum absolute atomic E-state index is 0.0550. The van der Waals surface area contributed by atoms with Crippen molar-refractivity contribution in [1.29, 1.82) is 0 Å². The normalized spacial score (nSPS) is 12.6. The Morgan fingerprint density at radius 2 is 2.00 bits per heavy atom. The molecular weight excluding hydrogens is 214 g/mol. The summed E-state index contributed by atoms with van der Waals surface area (Å²) in [4.78, 5) is 11.6. The summed E-state index contributed by atoms with van der Waals surface area (Å²) in [5.74, 6) is -2.25. The molecule has 0 saturated heterocycles. The zero-order valence-corrected chi connectivity index (χ0v) is 9.42. The fourth-order valence-corrected chi connectivity index (χ4v) is 1.30. The van der Waals surface area contributed by atoms with E-state index >= 15 is 0 Å². The predicted octanol–water partition coefficient (Wildman–Crippen LogP) is 1.66. The summed E-state index contributed by atoms with van der Waals surface area (Å²) in [6, 6.07) is 3.08. The molecule has 0 fully saturated rings. The van der Waals surface area contributed by atoms with Gasteiger partial charge in [0.1, 0.15) is 11.6 Å². The topological polar surface area (TPSA) is 32.3 Å². The number of benzene rings is 1. The van der Waals surface area contributed by atoms with E-state index in [2.05, 4.69) is 5.43 Å². The molecular formula is C11H14F2N2O. The summed E-state index contributed by atoms with van der Waals surface area (Å²) in [5.41, 5.74) is 2.55. The first-order chi connectivity index (χ1) is 7.41. The van der Waals surface area contributed by atoms with E-state index in [9.17, 15) is 13.6 Å². The van der Waals surface area contributed by atoms with Crippen LogP contribution in [-0.4, -0.2) is 25.0 Å². The molecule has 5 heteroatoms. The number of amides is 1. The average Bonchev–Trinajstić information content (AvgIpc) is 2.19. The van der Waals surface area contributed by atoms with Crippen molar-refractivity contribution >= 4 is 5.91 Å². The Morgan fingerprint density at radius 3 is 2.56 bits per heavy atom. The maximum absolute atomic E-state index is 13.4. The smallest absolute Gasteiger partial charge is 0.241 e. The number of carbonyl (C=O) groups excluding carboxylic acids is 1. The molecule has 88 valence electrons. The van der Waals surface area contributed by atoms with Crippen molar-refractivity contribution in [2.75, 3.05) is 14.1 Å². The highest BCUT2D eigenvalue weighted by atomic mass is 19.1. The number of halogens is 2. The number of hydrogen-bond donors (Lipinski definition) is 1. The molecule has 3 nitrogen and oxygen atoms in total. The average molecular weight is 228 g/mol. The lowest BCUT2D eigenvalue weighted by atomic mass is 10.00. The Hall–Kier alpha value is -1.49. The molecule has 0 aliphatic rings. The minimum Gasteiger partial charge on any atom is -0.289 e. The van der Waals surface area contributed by atoms with Crippen LogP contribution in [0, 0.1) is 11.6 Å². The van der Waals surface area contributed by atoms with Gasteiger partial charge >= 0.3 is 0 Å². The third-order valence-corrected chi connectivity index (χ3v) is 2.15. The van der Waals surface area contributed by atoms with E-state index in [-0.39, 0.29) is 11.5 Å². The summed E-state index contributed by atoms with van der Waals surface area (Å²) in [7, 11) is 3.29. The van der Waals surface area contributed by atoms with Crippen LogP contribution in [0.15, 0.2) is 18.2 Å². The molecule has 0 aromatic heterocycles. The lowest BCUT2D eigenvalue weighted by molar-refractivity contribution is -0.126. The maximum atomic E-state index is 13.4. The van der Waals surface area contributed by atoms with Crippen LogP contribution in [0.3, 0.4) is 0 Å².